The summed E-state index contributed by atoms with van der Waals surface area (Å²) in [4.78, 5) is 14.9. The number of nitrogen functional groups attached to an aromatic ring is 1. The van der Waals surface area contributed by atoms with E-state index in [2.05, 4.69) is 20.4 Å². The molecule has 0 atom stereocenters. The number of carbonyl (C=O) groups is 1. The number of nitrogens with one attached hydrogen (secondary N) is 1. The first-order chi connectivity index (χ1) is 14.1. The third-order valence-corrected chi connectivity index (χ3v) is 6.06. The Morgan fingerprint density at radius 2 is 1.76 bits per heavy atom. The van der Waals surface area contributed by atoms with Crippen molar-refractivity contribution < 1.29 is 9.90 Å². The Bertz CT molecular complexity index is 1110. The molecule has 0 bridgehead atoms. The molecular weight excluding hydrogens is 366 g/mol. The van der Waals surface area contributed by atoms with Crippen LogP contribution in [0.4, 0.5) is 17.2 Å². The average Bonchev–Trinajstić information content (AvgIpc) is 3.01. The predicted molar refractivity (Wildman–Crippen MR) is 112 cm³/mol. The van der Waals surface area contributed by atoms with Gasteiger partial charge in [0, 0.05) is 24.3 Å². The molecule has 5 rings (SSSR count). The number of amides is 1. The highest BCUT2D eigenvalue weighted by Crippen LogP contribution is 2.45. The third-order valence-electron chi connectivity index (χ3n) is 6.06. The number of phenolic OH excluding ortho intramolecular Hbond substituents is 1. The third kappa shape index (κ3) is 2.69. The van der Waals surface area contributed by atoms with E-state index in [1.165, 1.54) is 0 Å². The number of carbonyl (C=O) groups excluding carboxylic acids is 1. The van der Waals surface area contributed by atoms with Gasteiger partial charge >= 0.3 is 0 Å². The number of hydrogen-bond donors (Lipinski definition) is 3. The number of benzene rings is 2. The van der Waals surface area contributed by atoms with Crippen molar-refractivity contribution in [3.8, 4) is 17.0 Å². The number of piperidine rings is 1. The van der Waals surface area contributed by atoms with E-state index < -0.39 is 5.41 Å². The summed E-state index contributed by atoms with van der Waals surface area (Å²) in [6.07, 6.45) is 1.40. The number of phenols is 1. The molecule has 1 spiro atoms. The molecule has 7 nitrogen and oxygen atoms in total. The van der Waals surface area contributed by atoms with E-state index in [0.29, 0.717) is 43.0 Å². The van der Waals surface area contributed by atoms with Crippen LogP contribution < -0.4 is 16.0 Å². The van der Waals surface area contributed by atoms with Gasteiger partial charge in [0.15, 0.2) is 5.82 Å². The number of nitrogens with two attached hydrogens (primary N) is 1. The summed E-state index contributed by atoms with van der Waals surface area (Å²) < 4.78 is 0. The number of aromatic hydroxyl groups is 1. The molecule has 4 N–H and O–H groups in total. The summed E-state index contributed by atoms with van der Waals surface area (Å²) in [5.41, 5.74) is 9.60. The van der Waals surface area contributed by atoms with E-state index in [0.717, 1.165) is 16.9 Å². The Balaban J connectivity index is 1.44. The van der Waals surface area contributed by atoms with Crippen molar-refractivity contribution in [3.05, 3.63) is 60.2 Å². The van der Waals surface area contributed by atoms with Gasteiger partial charge in [0.2, 0.25) is 5.91 Å². The molecule has 0 unspecified atom stereocenters. The largest absolute Gasteiger partial charge is 0.507 e. The molecule has 0 radical (unpaired) electrons. The number of nitrogens with zero attached hydrogens (tertiary/aromatic N) is 3. The summed E-state index contributed by atoms with van der Waals surface area (Å²) in [5, 5.41) is 21.4. The zero-order valence-electron chi connectivity index (χ0n) is 15.8. The van der Waals surface area contributed by atoms with Gasteiger partial charge in [0.25, 0.3) is 0 Å². The van der Waals surface area contributed by atoms with Crippen LogP contribution in [-0.2, 0) is 10.2 Å². The molecule has 3 aromatic rings. The quantitative estimate of drug-likeness (QED) is 0.625. The lowest BCUT2D eigenvalue weighted by Gasteiger charge is -2.39. The molecule has 7 heteroatoms. The van der Waals surface area contributed by atoms with E-state index in [1.54, 1.807) is 18.2 Å². The minimum atomic E-state index is -0.483. The van der Waals surface area contributed by atoms with Crippen LogP contribution in [0.3, 0.4) is 0 Å². The fourth-order valence-corrected chi connectivity index (χ4v) is 4.47. The molecule has 1 aromatic heterocycles. The highest BCUT2D eigenvalue weighted by molar-refractivity contribution is 6.06. The maximum absolute atomic E-state index is 12.8. The maximum atomic E-state index is 12.8. The zero-order chi connectivity index (χ0) is 20.0. The Labute approximate surface area is 168 Å². The second kappa shape index (κ2) is 6.48. The predicted octanol–water partition coefficient (Wildman–Crippen LogP) is 2.92. The highest BCUT2D eigenvalue weighted by atomic mass is 16.3. The van der Waals surface area contributed by atoms with Crippen LogP contribution in [0.25, 0.3) is 11.3 Å². The van der Waals surface area contributed by atoms with Crippen LogP contribution in [0.5, 0.6) is 5.75 Å². The minimum absolute atomic E-state index is 0.0778. The van der Waals surface area contributed by atoms with Crippen molar-refractivity contribution in [3.63, 3.8) is 0 Å². The number of fused-ring (bicyclic) bond motifs is 2. The number of anilines is 3. The number of aromatic nitrogens is 2. The molecule has 2 aliphatic heterocycles. The van der Waals surface area contributed by atoms with Crippen molar-refractivity contribution in [1.29, 1.82) is 0 Å². The van der Waals surface area contributed by atoms with E-state index in [9.17, 15) is 9.90 Å². The molecule has 2 aliphatic rings. The number of rotatable bonds is 2. The summed E-state index contributed by atoms with van der Waals surface area (Å²) in [5.74, 6) is 0.569. The van der Waals surface area contributed by atoms with Gasteiger partial charge in [-0.25, -0.2) is 0 Å². The average molecular weight is 387 g/mol. The standard InChI is InChI=1S/C22H21N5O2/c23-20-18(13-17(25-26-20)14-5-1-4-8-19(14)28)27-11-9-22(10-12-27)15-6-2-3-7-16(15)24-21(22)29/h1-8,13,28H,9-12H2,(H2,23,26)(H,24,29). The Morgan fingerprint density at radius 1 is 1.03 bits per heavy atom. The molecule has 29 heavy (non-hydrogen) atoms. The van der Waals surface area contributed by atoms with Crippen molar-refractivity contribution >= 4 is 23.1 Å². The van der Waals surface area contributed by atoms with E-state index in [4.69, 9.17) is 5.73 Å². The van der Waals surface area contributed by atoms with E-state index >= 15 is 0 Å². The van der Waals surface area contributed by atoms with Crippen molar-refractivity contribution in [1.82, 2.24) is 10.2 Å². The van der Waals surface area contributed by atoms with Gasteiger partial charge in [-0.2, -0.15) is 0 Å². The van der Waals surface area contributed by atoms with Gasteiger partial charge in [0.05, 0.1) is 16.8 Å². The summed E-state index contributed by atoms with van der Waals surface area (Å²) in [6, 6.07) is 16.8. The topological polar surface area (TPSA) is 104 Å². The van der Waals surface area contributed by atoms with Gasteiger partial charge in [-0.1, -0.05) is 30.3 Å². The fraction of sp³-hybridized carbons (Fsp3) is 0.227. The van der Waals surface area contributed by atoms with Crippen molar-refractivity contribution in [2.75, 3.05) is 29.0 Å². The first-order valence-corrected chi connectivity index (χ1v) is 9.66. The van der Waals surface area contributed by atoms with Crippen LogP contribution in [-0.4, -0.2) is 34.3 Å². The SMILES string of the molecule is Nc1nnc(-c2ccccc2O)cc1N1CCC2(CC1)C(=O)Nc1ccccc12. The van der Waals surface area contributed by atoms with Crippen LogP contribution in [0.1, 0.15) is 18.4 Å². The molecular formula is C22H21N5O2. The van der Waals surface area contributed by atoms with Gasteiger partial charge in [-0.3, -0.25) is 4.79 Å². The summed E-state index contributed by atoms with van der Waals surface area (Å²) in [6.45, 7) is 1.36. The smallest absolute Gasteiger partial charge is 0.235 e. The highest BCUT2D eigenvalue weighted by Gasteiger charge is 2.48. The van der Waals surface area contributed by atoms with Crippen LogP contribution >= 0.6 is 0 Å². The second-order valence-corrected chi connectivity index (χ2v) is 7.59. The first-order valence-electron chi connectivity index (χ1n) is 9.66. The molecule has 1 fully saturated rings. The van der Waals surface area contributed by atoms with E-state index in [-0.39, 0.29) is 11.7 Å². The lowest BCUT2D eigenvalue weighted by atomic mass is 9.73. The number of hydrogen-bond acceptors (Lipinski definition) is 6. The normalized spacial score (nSPS) is 17.2. The van der Waals surface area contributed by atoms with Crippen LogP contribution in [0.2, 0.25) is 0 Å². The van der Waals surface area contributed by atoms with Crippen LogP contribution in [0, 0.1) is 0 Å². The van der Waals surface area contributed by atoms with E-state index in [1.807, 2.05) is 36.4 Å². The van der Waals surface area contributed by atoms with Crippen molar-refractivity contribution in [2.45, 2.75) is 18.3 Å². The Morgan fingerprint density at radius 3 is 2.55 bits per heavy atom. The maximum Gasteiger partial charge on any atom is 0.235 e. The Hall–Kier alpha value is -3.61. The molecule has 2 aromatic carbocycles. The molecule has 1 amide bonds. The molecule has 0 saturated carbocycles. The summed E-state index contributed by atoms with van der Waals surface area (Å²) >= 11 is 0. The second-order valence-electron chi connectivity index (χ2n) is 7.59. The minimum Gasteiger partial charge on any atom is -0.507 e. The van der Waals surface area contributed by atoms with Gasteiger partial charge < -0.3 is 21.1 Å². The summed E-state index contributed by atoms with van der Waals surface area (Å²) in [7, 11) is 0. The lowest BCUT2D eigenvalue weighted by molar-refractivity contribution is -0.121. The van der Waals surface area contributed by atoms with Gasteiger partial charge in [-0.15, -0.1) is 10.2 Å². The van der Waals surface area contributed by atoms with Crippen LogP contribution in [0.15, 0.2) is 54.6 Å². The monoisotopic (exact) mass is 387 g/mol. The lowest BCUT2D eigenvalue weighted by Crippen LogP contribution is -2.46. The Kier molecular flexibility index (Phi) is 3.91. The molecule has 0 aliphatic carbocycles. The molecule has 1 saturated heterocycles. The van der Waals surface area contributed by atoms with Gasteiger partial charge in [-0.05, 0) is 42.7 Å². The van der Waals surface area contributed by atoms with Gasteiger partial charge in [0.1, 0.15) is 5.75 Å². The first kappa shape index (κ1) is 17.5. The fourth-order valence-electron chi connectivity index (χ4n) is 4.47. The molecule has 3 heterocycles. The van der Waals surface area contributed by atoms with Crippen molar-refractivity contribution in [2.24, 2.45) is 0 Å². The molecule has 146 valence electrons. The zero-order valence-corrected chi connectivity index (χ0v) is 15.8. The number of para-hydroxylation sites is 2.